The van der Waals surface area contributed by atoms with Gasteiger partial charge in [-0.25, -0.2) is 13.6 Å². The average Bonchev–Trinajstić information content (AvgIpc) is 3.04. The lowest BCUT2D eigenvalue weighted by Crippen LogP contribution is -2.45. The quantitative estimate of drug-likeness (QED) is 0.153. The highest BCUT2D eigenvalue weighted by Gasteiger charge is 2.32. The highest BCUT2D eigenvalue weighted by atomic mass is 19.1. The van der Waals surface area contributed by atoms with E-state index in [2.05, 4.69) is 20.9 Å². The Morgan fingerprint density at radius 1 is 0.915 bits per heavy atom. The summed E-state index contributed by atoms with van der Waals surface area (Å²) in [5, 5.41) is 17.2. The summed E-state index contributed by atoms with van der Waals surface area (Å²) in [4.78, 5) is 38.5. The second-order valence-corrected chi connectivity index (χ2v) is 12.3. The van der Waals surface area contributed by atoms with Crippen LogP contribution < -0.4 is 25.4 Å². The van der Waals surface area contributed by atoms with Gasteiger partial charge in [0.2, 0.25) is 0 Å². The van der Waals surface area contributed by atoms with Crippen LogP contribution in [0.2, 0.25) is 0 Å². The van der Waals surface area contributed by atoms with Crippen LogP contribution in [0.25, 0.3) is 0 Å². The summed E-state index contributed by atoms with van der Waals surface area (Å²) in [6.07, 6.45) is 2.97. The number of amides is 3. The molecular weight excluding hydrogens is 610 g/mol. The average molecular weight is 653 g/mol. The first-order chi connectivity index (χ1) is 22.4. The van der Waals surface area contributed by atoms with E-state index < -0.39 is 29.0 Å². The lowest BCUT2D eigenvalue weighted by Gasteiger charge is -2.35. The maximum Gasteiger partial charge on any atom is 0.319 e. The van der Waals surface area contributed by atoms with Gasteiger partial charge in [0.05, 0.1) is 11.1 Å². The van der Waals surface area contributed by atoms with Crippen LogP contribution in [0.5, 0.6) is 17.2 Å². The number of aliphatic carboxylic acids is 1. The van der Waals surface area contributed by atoms with E-state index in [9.17, 15) is 28.3 Å². The molecule has 3 aromatic carbocycles. The molecule has 1 heterocycles. The number of nitrogens with one attached hydrogen (secondary N) is 3. The Morgan fingerprint density at radius 2 is 1.53 bits per heavy atom. The molecular formula is C35H42F2N4O6. The largest absolute Gasteiger partial charge is 0.490 e. The third-order valence-corrected chi connectivity index (χ3v) is 8.08. The number of hydrogen-bond donors (Lipinski definition) is 4. The number of benzene rings is 3. The van der Waals surface area contributed by atoms with E-state index in [1.54, 1.807) is 50.2 Å². The first-order valence-corrected chi connectivity index (χ1v) is 15.7. The Morgan fingerprint density at radius 3 is 2.13 bits per heavy atom. The topological polar surface area (TPSA) is 129 Å². The number of carbonyl (C=O) groups is 3. The molecule has 3 amide bonds. The number of urea groups is 1. The zero-order valence-electron chi connectivity index (χ0n) is 27.1. The minimum atomic E-state index is -0.862. The number of rotatable bonds is 13. The van der Waals surface area contributed by atoms with E-state index in [1.807, 2.05) is 13.8 Å². The van der Waals surface area contributed by atoms with Gasteiger partial charge in [0.25, 0.3) is 5.91 Å². The molecule has 0 saturated carbocycles. The zero-order chi connectivity index (χ0) is 34.1. The Labute approximate surface area is 273 Å². The van der Waals surface area contributed by atoms with Gasteiger partial charge in [-0.3, -0.25) is 9.59 Å². The van der Waals surface area contributed by atoms with Crippen molar-refractivity contribution in [3.63, 3.8) is 0 Å². The van der Waals surface area contributed by atoms with Gasteiger partial charge in [0, 0.05) is 49.1 Å². The molecule has 4 N–H and O–H groups in total. The molecule has 1 aliphatic rings. The van der Waals surface area contributed by atoms with Crippen LogP contribution in [0.1, 0.15) is 63.7 Å². The smallest absolute Gasteiger partial charge is 0.319 e. The maximum absolute atomic E-state index is 14.7. The first-order valence-electron chi connectivity index (χ1n) is 15.7. The fourth-order valence-corrected chi connectivity index (χ4v) is 5.16. The van der Waals surface area contributed by atoms with Crippen molar-refractivity contribution >= 4 is 29.3 Å². The normalized spacial score (nSPS) is 14.0. The number of carboxylic acid groups (broad SMARTS) is 1. The molecule has 47 heavy (non-hydrogen) atoms. The van der Waals surface area contributed by atoms with Gasteiger partial charge < -0.3 is 35.4 Å². The summed E-state index contributed by atoms with van der Waals surface area (Å²) in [6, 6.07) is 14.0. The highest BCUT2D eigenvalue weighted by molar-refractivity contribution is 6.04. The van der Waals surface area contributed by atoms with Crippen LogP contribution in [-0.4, -0.2) is 59.7 Å². The number of piperidine rings is 1. The molecule has 10 nitrogen and oxygen atoms in total. The van der Waals surface area contributed by atoms with Gasteiger partial charge in [-0.05, 0) is 88.1 Å². The molecule has 1 aliphatic heterocycles. The molecule has 12 heteroatoms. The summed E-state index contributed by atoms with van der Waals surface area (Å²) < 4.78 is 40.9. The van der Waals surface area contributed by atoms with Crippen LogP contribution in [0.3, 0.4) is 0 Å². The van der Waals surface area contributed by atoms with E-state index in [4.69, 9.17) is 9.47 Å². The third-order valence-electron chi connectivity index (χ3n) is 8.08. The molecule has 1 saturated heterocycles. The number of carbonyl (C=O) groups excluding carboxylic acids is 2. The summed E-state index contributed by atoms with van der Waals surface area (Å²) in [5.41, 5.74) is -0.228. The number of hydrogen-bond acceptors (Lipinski definition) is 6. The van der Waals surface area contributed by atoms with E-state index in [-0.39, 0.29) is 35.2 Å². The van der Waals surface area contributed by atoms with Crippen molar-refractivity contribution in [2.45, 2.75) is 65.5 Å². The third kappa shape index (κ3) is 9.89. The lowest BCUT2D eigenvalue weighted by molar-refractivity contribution is -0.148. The Bertz CT molecular complexity index is 1540. The molecule has 0 bridgehead atoms. The molecule has 0 radical (unpaired) electrons. The summed E-state index contributed by atoms with van der Waals surface area (Å²) >= 11 is 0. The fraction of sp³-hybridized carbons (Fsp3) is 0.400. The van der Waals surface area contributed by atoms with Crippen LogP contribution in [-0.2, 0) is 4.79 Å². The van der Waals surface area contributed by atoms with Crippen molar-refractivity contribution < 1.29 is 37.7 Å². The van der Waals surface area contributed by atoms with E-state index in [1.165, 1.54) is 12.1 Å². The predicted octanol–water partition coefficient (Wildman–Crippen LogP) is 7.27. The van der Waals surface area contributed by atoms with E-state index >= 15 is 0 Å². The molecule has 4 rings (SSSR count). The van der Waals surface area contributed by atoms with Crippen molar-refractivity contribution in [2.24, 2.45) is 5.41 Å². The lowest BCUT2D eigenvalue weighted by atomic mass is 9.92. The van der Waals surface area contributed by atoms with Gasteiger partial charge in [-0.1, -0.05) is 13.8 Å². The Kier molecular flexibility index (Phi) is 11.8. The minimum absolute atomic E-state index is 0.00453. The van der Waals surface area contributed by atoms with E-state index in [0.29, 0.717) is 36.4 Å². The minimum Gasteiger partial charge on any atom is -0.490 e. The standard InChI is InChI=1S/C35H42F2N4O6/c1-5-23(6-2)39-34(45)40-30-19-29(37)31(20-28(30)36)47-26-13-9-24(10-14-26)38-32(42)22-7-11-25(12-8-22)46-27-15-17-41(18-16-27)21-35(3,4)33(43)44/h7-14,19-20,23,27H,5-6,15-18,21H2,1-4H3,(H,38,42)(H,43,44)(H2,39,40,45). The molecule has 0 spiro atoms. The van der Waals surface area contributed by atoms with Crippen molar-refractivity contribution in [1.82, 2.24) is 10.2 Å². The maximum atomic E-state index is 14.7. The zero-order valence-corrected chi connectivity index (χ0v) is 27.1. The molecule has 0 aromatic heterocycles. The van der Waals surface area contributed by atoms with Crippen LogP contribution >= 0.6 is 0 Å². The second-order valence-electron chi connectivity index (χ2n) is 12.3. The summed E-state index contributed by atoms with van der Waals surface area (Å²) in [6.45, 7) is 9.27. The van der Waals surface area contributed by atoms with Gasteiger partial charge in [-0.15, -0.1) is 0 Å². The van der Waals surface area contributed by atoms with Crippen LogP contribution in [0.4, 0.5) is 25.0 Å². The molecule has 0 atom stereocenters. The van der Waals surface area contributed by atoms with Crippen molar-refractivity contribution in [3.05, 3.63) is 77.9 Å². The number of carboxylic acids is 1. The molecule has 0 unspecified atom stereocenters. The number of halogens is 2. The monoisotopic (exact) mass is 652 g/mol. The number of ether oxygens (including phenoxy) is 2. The predicted molar refractivity (Wildman–Crippen MR) is 175 cm³/mol. The fourth-order valence-electron chi connectivity index (χ4n) is 5.16. The highest BCUT2D eigenvalue weighted by Crippen LogP contribution is 2.30. The molecule has 1 fully saturated rings. The molecule has 0 aliphatic carbocycles. The van der Waals surface area contributed by atoms with Crippen LogP contribution in [0, 0.1) is 17.0 Å². The van der Waals surface area contributed by atoms with Crippen molar-refractivity contribution in [3.8, 4) is 17.2 Å². The SMILES string of the molecule is CCC(CC)NC(=O)Nc1cc(F)c(Oc2ccc(NC(=O)c3ccc(OC4CCN(CC(C)(C)C(=O)O)CC4)cc3)cc2)cc1F. The summed E-state index contributed by atoms with van der Waals surface area (Å²) in [7, 11) is 0. The number of nitrogens with zero attached hydrogens (tertiary/aromatic N) is 1. The Balaban J connectivity index is 1.26. The number of likely N-dealkylation sites (tertiary alicyclic amines) is 1. The molecule has 3 aromatic rings. The van der Waals surface area contributed by atoms with Gasteiger partial charge in [0.15, 0.2) is 17.4 Å². The Hall–Kier alpha value is -4.71. The molecule has 252 valence electrons. The van der Waals surface area contributed by atoms with Crippen molar-refractivity contribution in [1.29, 1.82) is 0 Å². The second kappa shape index (κ2) is 15.7. The first kappa shape index (κ1) is 35.1. The van der Waals surface area contributed by atoms with E-state index in [0.717, 1.165) is 38.1 Å². The van der Waals surface area contributed by atoms with Gasteiger partial charge in [-0.2, -0.15) is 0 Å². The van der Waals surface area contributed by atoms with Crippen molar-refractivity contribution in [2.75, 3.05) is 30.3 Å². The number of anilines is 2. The van der Waals surface area contributed by atoms with Gasteiger partial charge in [0.1, 0.15) is 17.6 Å². The summed E-state index contributed by atoms with van der Waals surface area (Å²) in [5.74, 6) is -2.38. The van der Waals surface area contributed by atoms with Gasteiger partial charge >= 0.3 is 12.0 Å². The van der Waals surface area contributed by atoms with Crippen LogP contribution in [0.15, 0.2) is 60.7 Å².